The molecule has 36 heavy (non-hydrogen) atoms. The van der Waals surface area contributed by atoms with Crippen LogP contribution < -0.4 is 15.4 Å². The lowest BCUT2D eigenvalue weighted by Gasteiger charge is -2.17. The molecule has 1 aliphatic heterocycles. The van der Waals surface area contributed by atoms with Gasteiger partial charge in [0.25, 0.3) is 0 Å². The number of benzene rings is 2. The summed E-state index contributed by atoms with van der Waals surface area (Å²) in [6.45, 7) is 2.61. The van der Waals surface area contributed by atoms with Crippen LogP contribution in [0.3, 0.4) is 0 Å². The second kappa shape index (κ2) is 10.0. The molecule has 1 saturated heterocycles. The highest BCUT2D eigenvalue weighted by Crippen LogP contribution is 2.57. The van der Waals surface area contributed by atoms with Crippen molar-refractivity contribution in [1.29, 1.82) is 0 Å². The van der Waals surface area contributed by atoms with Crippen molar-refractivity contribution in [3.05, 3.63) is 59.7 Å². The van der Waals surface area contributed by atoms with Gasteiger partial charge in [-0.05, 0) is 50.7 Å². The molecule has 1 aliphatic carbocycles. The number of fused-ring (bicyclic) bond motifs is 2. The first-order valence-corrected chi connectivity index (χ1v) is 12.0. The van der Waals surface area contributed by atoms with E-state index in [1.807, 2.05) is 19.0 Å². The SMILES string of the molecule is CN(C)C/C=C/C(=O)Nc1cc2c(Nc3ccc(F)c(Cl)c3)ncnc2cc1OC[C@@]12COC[C@@H]1C2. The number of rotatable bonds is 9. The van der Waals surface area contributed by atoms with Crippen LogP contribution in [0.1, 0.15) is 6.42 Å². The molecule has 0 unspecified atom stereocenters. The Morgan fingerprint density at radius 1 is 1.33 bits per heavy atom. The van der Waals surface area contributed by atoms with Gasteiger partial charge in [0.15, 0.2) is 0 Å². The fourth-order valence-corrected chi connectivity index (χ4v) is 4.53. The van der Waals surface area contributed by atoms with E-state index in [9.17, 15) is 9.18 Å². The van der Waals surface area contributed by atoms with Crippen molar-refractivity contribution < 1.29 is 18.7 Å². The van der Waals surface area contributed by atoms with E-state index in [0.29, 0.717) is 59.5 Å². The van der Waals surface area contributed by atoms with E-state index in [-0.39, 0.29) is 16.3 Å². The van der Waals surface area contributed by atoms with Gasteiger partial charge >= 0.3 is 0 Å². The van der Waals surface area contributed by atoms with Crippen LogP contribution in [0.4, 0.5) is 21.6 Å². The Balaban J connectivity index is 1.45. The molecule has 3 aromatic rings. The van der Waals surface area contributed by atoms with Gasteiger partial charge in [0.05, 0.1) is 36.0 Å². The Bertz CT molecular complexity index is 1330. The molecule has 2 N–H and O–H groups in total. The summed E-state index contributed by atoms with van der Waals surface area (Å²) in [5.74, 6) is 0.764. The van der Waals surface area contributed by atoms with E-state index in [0.717, 1.165) is 13.0 Å². The number of halogens is 2. The quantitative estimate of drug-likeness (QED) is 0.405. The van der Waals surface area contributed by atoms with Crippen molar-refractivity contribution in [3.8, 4) is 5.75 Å². The molecular formula is C26H27ClFN5O3. The molecule has 2 fully saturated rings. The summed E-state index contributed by atoms with van der Waals surface area (Å²) in [6.07, 6.45) is 5.80. The minimum atomic E-state index is -0.506. The van der Waals surface area contributed by atoms with Crippen LogP contribution in [0.15, 0.2) is 48.8 Å². The molecule has 2 heterocycles. The first-order chi connectivity index (χ1) is 17.3. The number of nitrogens with one attached hydrogen (secondary N) is 2. The van der Waals surface area contributed by atoms with Crippen LogP contribution in [0, 0.1) is 17.2 Å². The number of likely N-dealkylation sites (N-methyl/N-ethyl adjacent to an activating group) is 1. The average molecular weight is 512 g/mol. The highest BCUT2D eigenvalue weighted by molar-refractivity contribution is 6.31. The van der Waals surface area contributed by atoms with Crippen LogP contribution in [0.25, 0.3) is 10.9 Å². The number of anilines is 3. The van der Waals surface area contributed by atoms with Crippen LogP contribution in [0.2, 0.25) is 5.02 Å². The molecule has 1 amide bonds. The van der Waals surface area contributed by atoms with Gasteiger partial charge in [-0.1, -0.05) is 17.7 Å². The molecule has 188 valence electrons. The average Bonchev–Trinajstić information content (AvgIpc) is 3.38. The summed E-state index contributed by atoms with van der Waals surface area (Å²) in [5, 5.41) is 6.75. The fraction of sp³-hybridized carbons (Fsp3) is 0.346. The number of ether oxygens (including phenoxy) is 2. The molecule has 1 aromatic heterocycles. The molecule has 0 radical (unpaired) electrons. The molecule has 2 atom stereocenters. The zero-order chi connectivity index (χ0) is 25.3. The number of hydrogen-bond donors (Lipinski definition) is 2. The van der Waals surface area contributed by atoms with Crippen molar-refractivity contribution in [2.45, 2.75) is 6.42 Å². The predicted molar refractivity (Wildman–Crippen MR) is 137 cm³/mol. The normalized spacial score (nSPS) is 20.6. The van der Waals surface area contributed by atoms with Gasteiger partial charge in [-0.25, -0.2) is 14.4 Å². The molecule has 1 saturated carbocycles. The number of carbonyl (C=O) groups is 1. The number of carbonyl (C=O) groups excluding carboxylic acids is 1. The maximum atomic E-state index is 13.6. The van der Waals surface area contributed by atoms with Crippen molar-refractivity contribution in [3.63, 3.8) is 0 Å². The Morgan fingerprint density at radius 2 is 2.19 bits per heavy atom. The van der Waals surface area contributed by atoms with Crippen LogP contribution in [-0.2, 0) is 9.53 Å². The fourth-order valence-electron chi connectivity index (χ4n) is 4.34. The molecule has 2 aromatic carbocycles. The molecular weight excluding hydrogens is 485 g/mol. The van der Waals surface area contributed by atoms with Gasteiger partial charge in [-0.3, -0.25) is 4.79 Å². The second-order valence-corrected chi connectivity index (χ2v) is 9.97. The van der Waals surface area contributed by atoms with E-state index >= 15 is 0 Å². The minimum absolute atomic E-state index is 0.000147. The largest absolute Gasteiger partial charge is 0.491 e. The maximum Gasteiger partial charge on any atom is 0.248 e. The highest BCUT2D eigenvalue weighted by Gasteiger charge is 2.59. The van der Waals surface area contributed by atoms with E-state index in [4.69, 9.17) is 21.1 Å². The number of nitrogens with zero attached hydrogens (tertiary/aromatic N) is 3. The molecule has 2 aliphatic rings. The maximum absolute atomic E-state index is 13.6. The lowest BCUT2D eigenvalue weighted by atomic mass is 10.1. The third kappa shape index (κ3) is 5.28. The van der Waals surface area contributed by atoms with Gasteiger partial charge in [-0.2, -0.15) is 0 Å². The summed E-state index contributed by atoms with van der Waals surface area (Å²) < 4.78 is 25.4. The number of aromatic nitrogens is 2. The van der Waals surface area contributed by atoms with E-state index < -0.39 is 5.82 Å². The summed E-state index contributed by atoms with van der Waals surface area (Å²) in [7, 11) is 3.86. The van der Waals surface area contributed by atoms with E-state index in [1.54, 1.807) is 24.3 Å². The zero-order valence-electron chi connectivity index (χ0n) is 20.1. The Morgan fingerprint density at radius 3 is 2.92 bits per heavy atom. The van der Waals surface area contributed by atoms with Crippen LogP contribution in [0.5, 0.6) is 5.75 Å². The lowest BCUT2D eigenvalue weighted by molar-refractivity contribution is -0.111. The van der Waals surface area contributed by atoms with Gasteiger partial charge in [0.2, 0.25) is 5.91 Å². The number of hydrogen-bond acceptors (Lipinski definition) is 7. The first kappa shape index (κ1) is 24.4. The zero-order valence-corrected chi connectivity index (χ0v) is 20.8. The molecule has 5 rings (SSSR count). The van der Waals surface area contributed by atoms with Crippen molar-refractivity contribution in [1.82, 2.24) is 14.9 Å². The molecule has 0 bridgehead atoms. The highest BCUT2D eigenvalue weighted by atomic mass is 35.5. The third-order valence-electron chi connectivity index (χ3n) is 6.50. The van der Waals surface area contributed by atoms with Crippen LogP contribution >= 0.6 is 11.6 Å². The van der Waals surface area contributed by atoms with Crippen molar-refractivity contribution in [2.24, 2.45) is 11.3 Å². The second-order valence-electron chi connectivity index (χ2n) is 9.56. The van der Waals surface area contributed by atoms with E-state index in [2.05, 4.69) is 20.6 Å². The number of amides is 1. The lowest BCUT2D eigenvalue weighted by Crippen LogP contribution is -2.18. The third-order valence-corrected chi connectivity index (χ3v) is 6.79. The summed E-state index contributed by atoms with van der Waals surface area (Å²) in [5.41, 5.74) is 1.76. The van der Waals surface area contributed by atoms with Gasteiger partial charge in [-0.15, -0.1) is 0 Å². The predicted octanol–water partition coefficient (Wildman–Crippen LogP) is 4.64. The summed E-state index contributed by atoms with van der Waals surface area (Å²) >= 11 is 5.94. The van der Waals surface area contributed by atoms with Crippen molar-refractivity contribution >= 4 is 45.6 Å². The molecule has 0 spiro atoms. The van der Waals surface area contributed by atoms with E-state index in [1.165, 1.54) is 24.5 Å². The summed E-state index contributed by atoms with van der Waals surface area (Å²) in [6, 6.07) is 7.91. The minimum Gasteiger partial charge on any atom is -0.491 e. The molecule has 10 heteroatoms. The standard InChI is InChI=1S/C26H27ClFN5O3/c1-33(2)7-3-4-24(34)32-22-9-18-21(10-23(22)36-14-26-11-16(26)12-35-13-26)29-15-30-25(18)31-17-5-6-20(28)19(27)8-17/h3-6,8-10,15-16H,7,11-14H2,1-2H3,(H,32,34)(H,29,30,31)/b4-3+/t16-,26+/m0/s1. The van der Waals surface area contributed by atoms with Gasteiger partial charge < -0.3 is 25.0 Å². The van der Waals surface area contributed by atoms with Gasteiger partial charge in [0, 0.05) is 35.2 Å². The smallest absolute Gasteiger partial charge is 0.248 e. The molecule has 8 nitrogen and oxygen atoms in total. The topological polar surface area (TPSA) is 88.6 Å². The Kier molecular flexibility index (Phi) is 6.79. The monoisotopic (exact) mass is 511 g/mol. The van der Waals surface area contributed by atoms with Gasteiger partial charge in [0.1, 0.15) is 23.7 Å². The van der Waals surface area contributed by atoms with Crippen LogP contribution in [-0.4, -0.2) is 61.2 Å². The summed E-state index contributed by atoms with van der Waals surface area (Å²) in [4.78, 5) is 23.4. The van der Waals surface area contributed by atoms with Crippen molar-refractivity contribution in [2.75, 3.05) is 51.1 Å². The Labute approximate surface area is 213 Å². The Hall–Kier alpha value is -3.27. The first-order valence-electron chi connectivity index (χ1n) is 11.7.